The first kappa shape index (κ1) is 25.6. The first-order valence-corrected chi connectivity index (χ1v) is 12.2. The van der Waals surface area contributed by atoms with Crippen LogP contribution in [-0.4, -0.2) is 30.2 Å². The highest BCUT2D eigenvalue weighted by Gasteiger charge is 2.13. The summed E-state index contributed by atoms with van der Waals surface area (Å²) in [7, 11) is 0. The number of unbranched alkanes of at least 4 members (excludes halogenated alkanes) is 8. The van der Waals surface area contributed by atoms with Gasteiger partial charge in [-0.3, -0.25) is 0 Å². The Morgan fingerprint density at radius 1 is 0.882 bits per heavy atom. The fourth-order valence-electron chi connectivity index (χ4n) is 3.99. The summed E-state index contributed by atoms with van der Waals surface area (Å²) in [6.45, 7) is 0.975. The maximum atomic E-state index is 9.84. The van der Waals surface area contributed by atoms with Crippen molar-refractivity contribution >= 4 is 11.6 Å². The van der Waals surface area contributed by atoms with Crippen molar-refractivity contribution in [3.63, 3.8) is 0 Å². The lowest BCUT2D eigenvalue weighted by Gasteiger charge is -2.12. The van der Waals surface area contributed by atoms with E-state index in [0.717, 1.165) is 36.8 Å². The molecule has 0 unspecified atom stereocenters. The van der Waals surface area contributed by atoms with E-state index in [9.17, 15) is 10.4 Å². The monoisotopic (exact) mass is 465 g/mol. The molecule has 0 spiro atoms. The van der Waals surface area contributed by atoms with E-state index in [1.165, 1.54) is 32.1 Å². The number of fused-ring (bicyclic) bond motifs is 1. The molecule has 0 bridgehead atoms. The van der Waals surface area contributed by atoms with Crippen LogP contribution >= 0.6 is 0 Å². The minimum Gasteiger partial charge on any atom is -0.493 e. The zero-order valence-electron chi connectivity index (χ0n) is 19.8. The van der Waals surface area contributed by atoms with Crippen molar-refractivity contribution in [2.24, 2.45) is 0 Å². The number of rotatable bonds is 15. The van der Waals surface area contributed by atoms with Crippen molar-refractivity contribution in [3.05, 3.63) is 53.1 Å². The summed E-state index contributed by atoms with van der Waals surface area (Å²) in [5.74, 6) is 2.04. The molecule has 1 aliphatic rings. The molecule has 34 heavy (non-hydrogen) atoms. The smallest absolute Gasteiger partial charge is 0.231 e. The Labute approximate surface area is 202 Å². The molecule has 0 saturated heterocycles. The van der Waals surface area contributed by atoms with E-state index in [-0.39, 0.29) is 13.4 Å². The number of nitriles is 1. The summed E-state index contributed by atoms with van der Waals surface area (Å²) in [5.41, 5.74) is 2.75. The number of hydrogen-bond donors (Lipinski definition) is 2. The molecule has 6 nitrogen and oxygen atoms in total. The van der Waals surface area contributed by atoms with Crippen molar-refractivity contribution in [1.82, 2.24) is 0 Å². The highest BCUT2D eigenvalue weighted by atomic mass is 16.7. The van der Waals surface area contributed by atoms with Crippen molar-refractivity contribution < 1.29 is 24.4 Å². The maximum absolute atomic E-state index is 9.84. The Hall–Kier alpha value is -3.01. The van der Waals surface area contributed by atoms with E-state index >= 15 is 0 Å². The van der Waals surface area contributed by atoms with Crippen LogP contribution in [0.1, 0.15) is 74.5 Å². The highest BCUT2D eigenvalue weighted by Crippen LogP contribution is 2.34. The number of nitrogens with zero attached hydrogens (tertiary/aromatic N) is 1. The second-order valence-electron chi connectivity index (χ2n) is 8.52. The zero-order chi connectivity index (χ0) is 24.0. The number of benzene rings is 2. The van der Waals surface area contributed by atoms with Gasteiger partial charge in [-0.05, 0) is 60.4 Å². The lowest BCUT2D eigenvalue weighted by molar-refractivity contribution is 0.174. The van der Waals surface area contributed by atoms with E-state index in [1.807, 2.05) is 36.4 Å². The Morgan fingerprint density at radius 2 is 1.59 bits per heavy atom. The maximum Gasteiger partial charge on any atom is 0.231 e. The molecule has 182 valence electrons. The van der Waals surface area contributed by atoms with Gasteiger partial charge < -0.3 is 24.4 Å². The van der Waals surface area contributed by atoms with Gasteiger partial charge >= 0.3 is 0 Å². The summed E-state index contributed by atoms with van der Waals surface area (Å²) < 4.78 is 16.7. The third kappa shape index (κ3) is 7.79. The van der Waals surface area contributed by atoms with Crippen LogP contribution in [0.4, 0.5) is 0 Å². The number of aliphatic hydroxyl groups is 2. The fourth-order valence-corrected chi connectivity index (χ4v) is 3.99. The first-order valence-electron chi connectivity index (χ1n) is 12.2. The van der Waals surface area contributed by atoms with Crippen LogP contribution in [0.15, 0.2) is 36.4 Å². The van der Waals surface area contributed by atoms with Crippen molar-refractivity contribution in [3.8, 4) is 23.3 Å². The summed E-state index contributed by atoms with van der Waals surface area (Å²) in [6, 6.07) is 13.3. The molecule has 0 aliphatic carbocycles. The van der Waals surface area contributed by atoms with Gasteiger partial charge in [0.1, 0.15) is 5.75 Å². The normalized spacial score (nSPS) is 12.6. The topological polar surface area (TPSA) is 91.9 Å². The van der Waals surface area contributed by atoms with Gasteiger partial charge in [0, 0.05) is 12.2 Å². The molecule has 0 aromatic heterocycles. The molecule has 2 aromatic rings. The molecule has 1 heterocycles. The van der Waals surface area contributed by atoms with Crippen LogP contribution in [0.2, 0.25) is 0 Å². The largest absolute Gasteiger partial charge is 0.493 e. The van der Waals surface area contributed by atoms with Crippen LogP contribution in [0.5, 0.6) is 17.2 Å². The predicted octanol–water partition coefficient (Wildman–Crippen LogP) is 5.85. The second-order valence-corrected chi connectivity index (χ2v) is 8.52. The van der Waals surface area contributed by atoms with Crippen LogP contribution in [0.25, 0.3) is 11.6 Å². The molecule has 2 aromatic carbocycles. The van der Waals surface area contributed by atoms with Crippen LogP contribution < -0.4 is 14.2 Å². The summed E-state index contributed by atoms with van der Waals surface area (Å²) in [4.78, 5) is 0. The van der Waals surface area contributed by atoms with Gasteiger partial charge in [0.25, 0.3) is 0 Å². The molecule has 1 aliphatic heterocycles. The lowest BCUT2D eigenvalue weighted by atomic mass is 10.0. The molecular weight excluding hydrogens is 430 g/mol. The standard InChI is InChI=1S/C28H35NO5/c29-19-24(16-22-10-12-27-28(17-22)34-21-33-27)23-11-13-26(25(18-23)20-31)32-15-9-7-5-3-1-2-4-6-8-14-30/h10-13,16-18,30-31H,1-9,14-15,20-21H2/b24-16+. The predicted molar refractivity (Wildman–Crippen MR) is 133 cm³/mol. The fraction of sp³-hybridized carbons (Fsp3) is 0.464. The van der Waals surface area contributed by atoms with Crippen molar-refractivity contribution in [2.45, 2.75) is 64.4 Å². The number of aliphatic hydroxyl groups excluding tert-OH is 2. The Balaban J connectivity index is 1.47. The summed E-state index contributed by atoms with van der Waals surface area (Å²) in [6.07, 6.45) is 12.1. The van der Waals surface area contributed by atoms with Gasteiger partial charge in [0.05, 0.1) is 24.9 Å². The Kier molecular flexibility index (Phi) is 10.8. The van der Waals surface area contributed by atoms with Gasteiger partial charge in [-0.15, -0.1) is 0 Å². The quantitative estimate of drug-likeness (QED) is 0.195. The van der Waals surface area contributed by atoms with E-state index in [2.05, 4.69) is 6.07 Å². The number of hydrogen-bond acceptors (Lipinski definition) is 6. The molecule has 0 atom stereocenters. The number of allylic oxidation sites excluding steroid dienone is 1. The average molecular weight is 466 g/mol. The molecule has 0 fully saturated rings. The Bertz CT molecular complexity index is 979. The average Bonchev–Trinajstić information content (AvgIpc) is 3.34. The van der Waals surface area contributed by atoms with Crippen LogP contribution in [0.3, 0.4) is 0 Å². The third-order valence-corrected chi connectivity index (χ3v) is 5.93. The lowest BCUT2D eigenvalue weighted by Crippen LogP contribution is -2.01. The first-order chi connectivity index (χ1) is 16.7. The molecule has 0 amide bonds. The number of ether oxygens (including phenoxy) is 3. The molecule has 0 saturated carbocycles. The molecule has 2 N–H and O–H groups in total. The van der Waals surface area contributed by atoms with Crippen molar-refractivity contribution in [2.75, 3.05) is 20.0 Å². The summed E-state index contributed by atoms with van der Waals surface area (Å²) >= 11 is 0. The molecule has 0 radical (unpaired) electrons. The highest BCUT2D eigenvalue weighted by molar-refractivity contribution is 5.90. The van der Waals surface area contributed by atoms with E-state index < -0.39 is 0 Å². The van der Waals surface area contributed by atoms with Gasteiger partial charge in [-0.2, -0.15) is 5.26 Å². The minimum absolute atomic E-state index is 0.151. The van der Waals surface area contributed by atoms with E-state index in [0.29, 0.717) is 41.6 Å². The Morgan fingerprint density at radius 3 is 2.29 bits per heavy atom. The van der Waals surface area contributed by atoms with Crippen LogP contribution in [0, 0.1) is 11.3 Å². The van der Waals surface area contributed by atoms with Gasteiger partial charge in [-0.25, -0.2) is 0 Å². The molecule has 6 heteroatoms. The van der Waals surface area contributed by atoms with E-state index in [1.54, 1.807) is 6.08 Å². The van der Waals surface area contributed by atoms with Gasteiger partial charge in [0.15, 0.2) is 11.5 Å². The third-order valence-electron chi connectivity index (χ3n) is 5.93. The van der Waals surface area contributed by atoms with E-state index in [4.69, 9.17) is 19.3 Å². The minimum atomic E-state index is -0.151. The second kappa shape index (κ2) is 14.3. The SMILES string of the molecule is N#C/C(=C\c1ccc2c(c1)OCO2)c1ccc(OCCCCCCCCCCCO)c(CO)c1. The van der Waals surface area contributed by atoms with Crippen molar-refractivity contribution in [1.29, 1.82) is 5.26 Å². The van der Waals surface area contributed by atoms with Gasteiger partial charge in [0.2, 0.25) is 6.79 Å². The van der Waals surface area contributed by atoms with Gasteiger partial charge in [-0.1, -0.05) is 51.0 Å². The zero-order valence-corrected chi connectivity index (χ0v) is 19.8. The molecule has 3 rings (SSSR count). The summed E-state index contributed by atoms with van der Waals surface area (Å²) in [5, 5.41) is 28.3. The van der Waals surface area contributed by atoms with Crippen LogP contribution in [-0.2, 0) is 6.61 Å². The molecular formula is C28H35NO5.